The molecule has 0 aliphatic rings. The van der Waals surface area contributed by atoms with Crippen LogP contribution in [0.5, 0.6) is 0 Å². The minimum Gasteiger partial charge on any atom is -0.376 e. The van der Waals surface area contributed by atoms with Gasteiger partial charge in [0.2, 0.25) is 0 Å². The van der Waals surface area contributed by atoms with Crippen LogP contribution < -0.4 is 0 Å². The van der Waals surface area contributed by atoms with Crippen LogP contribution in [0.1, 0.15) is 28.7 Å². The normalized spacial score (nSPS) is 14.0. The third kappa shape index (κ3) is 10.2. The van der Waals surface area contributed by atoms with Crippen molar-refractivity contribution in [3.8, 4) is 0 Å². The van der Waals surface area contributed by atoms with E-state index in [2.05, 4.69) is 61.7 Å². The van der Waals surface area contributed by atoms with E-state index in [0.717, 1.165) is 22.3 Å². The topological polar surface area (TPSA) is 36.9 Å². The van der Waals surface area contributed by atoms with Gasteiger partial charge in [0.05, 0.1) is 39.1 Å². The van der Waals surface area contributed by atoms with Gasteiger partial charge in [-0.1, -0.05) is 133 Å². The second kappa shape index (κ2) is 17.9. The van der Waals surface area contributed by atoms with E-state index in [1.54, 1.807) is 0 Å². The third-order valence-corrected chi connectivity index (χ3v) is 7.11. The highest BCUT2D eigenvalue weighted by molar-refractivity contribution is 5.16. The molecule has 42 heavy (non-hydrogen) atoms. The van der Waals surface area contributed by atoms with Crippen LogP contribution in [0.4, 0.5) is 0 Å². The first kappa shape index (κ1) is 31.1. The SMILES string of the molecule is C=CC[C@@H](COCc1ccccc1)[C@@H](OCc1ccccc1)[C@H](OCc1ccccc1)[C@H](C=C)OCc1ccccc1. The molecule has 4 nitrogen and oxygen atoms in total. The van der Waals surface area contributed by atoms with Crippen molar-refractivity contribution in [2.24, 2.45) is 5.92 Å². The Morgan fingerprint density at radius 1 is 0.500 bits per heavy atom. The Hall–Kier alpha value is -3.80. The molecule has 0 spiro atoms. The lowest BCUT2D eigenvalue weighted by Crippen LogP contribution is -2.47. The van der Waals surface area contributed by atoms with Crippen LogP contribution in [0.15, 0.2) is 147 Å². The van der Waals surface area contributed by atoms with Gasteiger partial charge in [0.15, 0.2) is 0 Å². The van der Waals surface area contributed by atoms with Gasteiger partial charge in [-0.15, -0.1) is 13.2 Å². The van der Waals surface area contributed by atoms with Gasteiger partial charge in [0.1, 0.15) is 12.2 Å². The summed E-state index contributed by atoms with van der Waals surface area (Å²) in [5.41, 5.74) is 4.38. The fourth-order valence-electron chi connectivity index (χ4n) is 4.89. The summed E-state index contributed by atoms with van der Waals surface area (Å²) in [4.78, 5) is 0. The molecule has 4 aromatic rings. The lowest BCUT2D eigenvalue weighted by molar-refractivity contribution is -0.161. The molecular weight excluding hydrogens is 520 g/mol. The summed E-state index contributed by atoms with van der Waals surface area (Å²) in [6.07, 6.45) is 3.23. The maximum atomic E-state index is 6.75. The lowest BCUT2D eigenvalue weighted by atomic mass is 9.91. The molecule has 4 aromatic carbocycles. The molecule has 4 atom stereocenters. The number of hydrogen-bond acceptors (Lipinski definition) is 4. The summed E-state index contributed by atoms with van der Waals surface area (Å²) in [7, 11) is 0. The van der Waals surface area contributed by atoms with Crippen LogP contribution in [0.3, 0.4) is 0 Å². The number of ether oxygens (including phenoxy) is 4. The zero-order valence-corrected chi connectivity index (χ0v) is 24.3. The molecule has 4 rings (SSSR count). The van der Waals surface area contributed by atoms with Gasteiger partial charge in [-0.25, -0.2) is 0 Å². The first-order valence-electron chi connectivity index (χ1n) is 14.6. The van der Waals surface area contributed by atoms with E-state index < -0.39 is 12.2 Å². The quantitative estimate of drug-likeness (QED) is 0.108. The summed E-state index contributed by atoms with van der Waals surface area (Å²) < 4.78 is 26.2. The largest absolute Gasteiger partial charge is 0.376 e. The Morgan fingerprint density at radius 2 is 0.905 bits per heavy atom. The summed E-state index contributed by atoms with van der Waals surface area (Å²) in [5.74, 6) is -0.0292. The van der Waals surface area contributed by atoms with Gasteiger partial charge in [-0.05, 0) is 28.7 Å². The molecule has 0 aliphatic heterocycles. The zero-order valence-electron chi connectivity index (χ0n) is 24.3. The Kier molecular flexibility index (Phi) is 13.3. The molecule has 0 saturated heterocycles. The van der Waals surface area contributed by atoms with E-state index in [4.69, 9.17) is 18.9 Å². The average molecular weight is 563 g/mol. The molecule has 0 fully saturated rings. The molecule has 0 aliphatic carbocycles. The van der Waals surface area contributed by atoms with E-state index in [9.17, 15) is 0 Å². The molecule has 0 amide bonds. The molecule has 0 N–H and O–H groups in total. The standard InChI is InChI=1S/C38H42O4/c1-3-17-35(30-39-26-31-18-9-5-10-19-31)37(41-28-33-22-13-7-14-23-33)38(42-29-34-24-15-8-16-25-34)36(4-2)40-27-32-20-11-6-12-21-32/h3-16,18-25,35-38H,1-2,17,26-30H2/t35-,36-,37+,38+/m0/s1. The molecule has 0 saturated carbocycles. The van der Waals surface area contributed by atoms with Crippen LogP contribution in [-0.2, 0) is 45.4 Å². The molecule has 4 heteroatoms. The second-order valence-electron chi connectivity index (χ2n) is 10.3. The van der Waals surface area contributed by atoms with E-state index >= 15 is 0 Å². The third-order valence-electron chi connectivity index (χ3n) is 7.11. The highest BCUT2D eigenvalue weighted by Crippen LogP contribution is 2.27. The monoisotopic (exact) mass is 562 g/mol. The Morgan fingerprint density at radius 3 is 1.33 bits per heavy atom. The van der Waals surface area contributed by atoms with Crippen LogP contribution >= 0.6 is 0 Å². The maximum Gasteiger partial charge on any atom is 0.114 e. The first-order chi connectivity index (χ1) is 20.8. The van der Waals surface area contributed by atoms with Crippen LogP contribution in [0.25, 0.3) is 0 Å². The van der Waals surface area contributed by atoms with Crippen LogP contribution in [-0.4, -0.2) is 24.9 Å². The van der Waals surface area contributed by atoms with Crippen LogP contribution in [0, 0.1) is 5.92 Å². The lowest BCUT2D eigenvalue weighted by Gasteiger charge is -2.36. The van der Waals surface area contributed by atoms with Crippen molar-refractivity contribution in [2.75, 3.05) is 6.61 Å². The average Bonchev–Trinajstić information content (AvgIpc) is 3.05. The molecule has 0 bridgehead atoms. The zero-order chi connectivity index (χ0) is 29.2. The molecule has 0 unspecified atom stereocenters. The Bertz CT molecular complexity index is 1280. The van der Waals surface area contributed by atoms with E-state index in [1.165, 1.54) is 0 Å². The van der Waals surface area contributed by atoms with E-state index in [0.29, 0.717) is 39.5 Å². The van der Waals surface area contributed by atoms with Gasteiger partial charge >= 0.3 is 0 Å². The molecule has 0 aromatic heterocycles. The number of hydrogen-bond donors (Lipinski definition) is 0. The smallest absolute Gasteiger partial charge is 0.114 e. The van der Waals surface area contributed by atoms with Crippen molar-refractivity contribution >= 4 is 0 Å². The summed E-state index contributed by atoms with van der Waals surface area (Å²) in [6.45, 7) is 10.5. The fraction of sp³-hybridized carbons (Fsp3) is 0.263. The summed E-state index contributed by atoms with van der Waals surface area (Å²) >= 11 is 0. The van der Waals surface area contributed by atoms with Crippen molar-refractivity contribution in [1.29, 1.82) is 0 Å². The van der Waals surface area contributed by atoms with E-state index in [-0.39, 0.29) is 12.0 Å². The number of allylic oxidation sites excluding steroid dienone is 1. The first-order valence-corrected chi connectivity index (χ1v) is 14.6. The Balaban J connectivity index is 1.60. The highest BCUT2D eigenvalue weighted by Gasteiger charge is 2.36. The number of rotatable bonds is 19. The minimum atomic E-state index is -0.444. The van der Waals surface area contributed by atoms with Gasteiger partial charge in [0, 0.05) is 5.92 Å². The molecule has 0 radical (unpaired) electrons. The number of benzene rings is 4. The summed E-state index contributed by atoms with van der Waals surface area (Å²) in [5, 5.41) is 0. The van der Waals surface area contributed by atoms with Crippen molar-refractivity contribution in [3.05, 3.63) is 169 Å². The Labute approximate surface area is 251 Å². The van der Waals surface area contributed by atoms with Gasteiger partial charge < -0.3 is 18.9 Å². The predicted octanol–water partition coefficient (Wildman–Crippen LogP) is 8.34. The molecular formula is C38H42O4. The predicted molar refractivity (Wildman–Crippen MR) is 170 cm³/mol. The van der Waals surface area contributed by atoms with Crippen LogP contribution in [0.2, 0.25) is 0 Å². The molecule has 0 heterocycles. The van der Waals surface area contributed by atoms with Crippen molar-refractivity contribution in [2.45, 2.75) is 51.2 Å². The van der Waals surface area contributed by atoms with Gasteiger partial charge in [0.25, 0.3) is 0 Å². The maximum absolute atomic E-state index is 6.75. The molecule has 218 valence electrons. The minimum absolute atomic E-state index is 0.0292. The van der Waals surface area contributed by atoms with Gasteiger partial charge in [-0.3, -0.25) is 0 Å². The fourth-order valence-corrected chi connectivity index (χ4v) is 4.89. The van der Waals surface area contributed by atoms with Crippen molar-refractivity contribution < 1.29 is 18.9 Å². The second-order valence-corrected chi connectivity index (χ2v) is 10.3. The van der Waals surface area contributed by atoms with Crippen molar-refractivity contribution in [3.63, 3.8) is 0 Å². The van der Waals surface area contributed by atoms with Gasteiger partial charge in [-0.2, -0.15) is 0 Å². The van der Waals surface area contributed by atoms with Crippen molar-refractivity contribution in [1.82, 2.24) is 0 Å². The summed E-state index contributed by atoms with van der Waals surface area (Å²) in [6, 6.07) is 40.7. The highest BCUT2D eigenvalue weighted by atomic mass is 16.6. The van der Waals surface area contributed by atoms with E-state index in [1.807, 2.05) is 84.9 Å².